The fourth-order valence-electron chi connectivity index (χ4n) is 1.21. The highest BCUT2D eigenvalue weighted by atomic mass is 16.4. The SMILES string of the molecule is C#CC(CC)NC(=O)NCC(C)CCC(=O)O. The van der Waals surface area contributed by atoms with Crippen LogP contribution < -0.4 is 10.6 Å². The molecule has 5 heteroatoms. The molecule has 0 aromatic heterocycles. The molecule has 0 bridgehead atoms. The Morgan fingerprint density at radius 3 is 2.59 bits per heavy atom. The van der Waals surface area contributed by atoms with Gasteiger partial charge in [-0.25, -0.2) is 4.79 Å². The summed E-state index contributed by atoms with van der Waals surface area (Å²) in [7, 11) is 0. The number of nitrogens with one attached hydrogen (secondary N) is 2. The monoisotopic (exact) mass is 240 g/mol. The molecule has 0 saturated heterocycles. The predicted molar refractivity (Wildman–Crippen MR) is 65.5 cm³/mol. The summed E-state index contributed by atoms with van der Waals surface area (Å²) in [5, 5.41) is 13.8. The Morgan fingerprint density at radius 2 is 2.12 bits per heavy atom. The van der Waals surface area contributed by atoms with E-state index in [9.17, 15) is 9.59 Å². The first kappa shape index (κ1) is 15.3. The van der Waals surface area contributed by atoms with E-state index < -0.39 is 5.97 Å². The summed E-state index contributed by atoms with van der Waals surface area (Å²) in [5.41, 5.74) is 0. The van der Waals surface area contributed by atoms with Crippen LogP contribution in [0.4, 0.5) is 4.79 Å². The highest BCUT2D eigenvalue weighted by Gasteiger charge is 2.09. The quantitative estimate of drug-likeness (QED) is 0.585. The van der Waals surface area contributed by atoms with E-state index in [0.29, 0.717) is 19.4 Å². The van der Waals surface area contributed by atoms with Crippen molar-refractivity contribution >= 4 is 12.0 Å². The summed E-state index contributed by atoms with van der Waals surface area (Å²) < 4.78 is 0. The summed E-state index contributed by atoms with van der Waals surface area (Å²) in [4.78, 5) is 21.7. The van der Waals surface area contributed by atoms with Gasteiger partial charge in [0, 0.05) is 13.0 Å². The number of rotatable bonds is 7. The number of carboxylic acids is 1. The van der Waals surface area contributed by atoms with E-state index in [4.69, 9.17) is 11.5 Å². The van der Waals surface area contributed by atoms with Crippen LogP contribution in [0.15, 0.2) is 0 Å². The van der Waals surface area contributed by atoms with Gasteiger partial charge in [0.2, 0.25) is 0 Å². The molecule has 0 aromatic rings. The number of terminal acetylenes is 1. The van der Waals surface area contributed by atoms with Crippen LogP contribution in [0.25, 0.3) is 0 Å². The molecule has 0 aliphatic carbocycles. The molecule has 0 aliphatic rings. The molecule has 0 fully saturated rings. The first-order valence-electron chi connectivity index (χ1n) is 5.71. The zero-order chi connectivity index (χ0) is 13.3. The van der Waals surface area contributed by atoms with Crippen molar-refractivity contribution in [3.8, 4) is 12.3 Å². The lowest BCUT2D eigenvalue weighted by Gasteiger charge is -2.14. The van der Waals surface area contributed by atoms with Crippen LogP contribution in [0.3, 0.4) is 0 Å². The van der Waals surface area contributed by atoms with Crippen LogP contribution in [0, 0.1) is 18.3 Å². The van der Waals surface area contributed by atoms with Gasteiger partial charge < -0.3 is 15.7 Å². The highest BCUT2D eigenvalue weighted by molar-refractivity contribution is 5.74. The third kappa shape index (κ3) is 8.14. The van der Waals surface area contributed by atoms with Crippen LogP contribution in [-0.4, -0.2) is 29.7 Å². The molecular weight excluding hydrogens is 220 g/mol. The van der Waals surface area contributed by atoms with Crippen molar-refractivity contribution in [2.75, 3.05) is 6.54 Å². The number of hydrogen-bond donors (Lipinski definition) is 3. The van der Waals surface area contributed by atoms with Gasteiger partial charge in [-0.15, -0.1) is 6.42 Å². The van der Waals surface area contributed by atoms with Crippen LogP contribution >= 0.6 is 0 Å². The van der Waals surface area contributed by atoms with E-state index >= 15 is 0 Å². The molecule has 0 heterocycles. The van der Waals surface area contributed by atoms with E-state index in [1.54, 1.807) is 0 Å². The fraction of sp³-hybridized carbons (Fsp3) is 0.667. The van der Waals surface area contributed by atoms with Gasteiger partial charge in [-0.3, -0.25) is 4.79 Å². The summed E-state index contributed by atoms with van der Waals surface area (Å²) in [6.07, 6.45) is 6.55. The molecule has 2 amide bonds. The Balaban J connectivity index is 3.76. The number of carboxylic acid groups (broad SMARTS) is 1. The molecule has 0 rings (SSSR count). The van der Waals surface area contributed by atoms with Crippen LogP contribution in [-0.2, 0) is 4.79 Å². The molecule has 0 saturated carbocycles. The van der Waals surface area contributed by atoms with E-state index in [-0.39, 0.29) is 24.4 Å². The van der Waals surface area contributed by atoms with E-state index in [1.165, 1.54) is 0 Å². The lowest BCUT2D eigenvalue weighted by molar-refractivity contribution is -0.137. The maximum Gasteiger partial charge on any atom is 0.315 e. The van der Waals surface area contributed by atoms with Crippen LogP contribution in [0.2, 0.25) is 0 Å². The smallest absolute Gasteiger partial charge is 0.315 e. The number of amides is 2. The molecule has 3 N–H and O–H groups in total. The second-order valence-electron chi connectivity index (χ2n) is 4.02. The topological polar surface area (TPSA) is 78.4 Å². The number of aliphatic carboxylic acids is 1. The average Bonchev–Trinajstić information content (AvgIpc) is 2.30. The van der Waals surface area contributed by atoms with Crippen molar-refractivity contribution in [3.63, 3.8) is 0 Å². The molecule has 96 valence electrons. The molecule has 2 atom stereocenters. The van der Waals surface area contributed by atoms with Crippen molar-refractivity contribution in [2.24, 2.45) is 5.92 Å². The number of carbonyl (C=O) groups is 2. The second-order valence-corrected chi connectivity index (χ2v) is 4.02. The maximum absolute atomic E-state index is 11.4. The average molecular weight is 240 g/mol. The lowest BCUT2D eigenvalue weighted by Crippen LogP contribution is -2.42. The van der Waals surface area contributed by atoms with Gasteiger partial charge in [0.05, 0.1) is 6.04 Å². The zero-order valence-electron chi connectivity index (χ0n) is 10.3. The van der Waals surface area contributed by atoms with Crippen molar-refractivity contribution in [3.05, 3.63) is 0 Å². The maximum atomic E-state index is 11.4. The first-order chi connectivity index (χ1) is 7.99. The number of hydrogen-bond acceptors (Lipinski definition) is 2. The third-order valence-electron chi connectivity index (χ3n) is 2.38. The molecule has 0 aliphatic heterocycles. The second kappa shape index (κ2) is 8.45. The van der Waals surface area contributed by atoms with Gasteiger partial charge >= 0.3 is 12.0 Å². The minimum absolute atomic E-state index is 0.117. The van der Waals surface area contributed by atoms with Gasteiger partial charge in [0.15, 0.2) is 0 Å². The van der Waals surface area contributed by atoms with Crippen molar-refractivity contribution in [2.45, 2.75) is 39.2 Å². The summed E-state index contributed by atoms with van der Waals surface area (Å²) in [5.74, 6) is 1.77. The normalized spacial score (nSPS) is 13.2. The predicted octanol–water partition coefficient (Wildman–Crippen LogP) is 1.20. The highest BCUT2D eigenvalue weighted by Crippen LogP contribution is 2.03. The zero-order valence-corrected chi connectivity index (χ0v) is 10.3. The minimum Gasteiger partial charge on any atom is -0.481 e. The van der Waals surface area contributed by atoms with Crippen molar-refractivity contribution in [1.29, 1.82) is 0 Å². The van der Waals surface area contributed by atoms with E-state index in [1.807, 2.05) is 13.8 Å². The van der Waals surface area contributed by atoms with Crippen LogP contribution in [0.5, 0.6) is 0 Å². The molecule has 0 spiro atoms. The van der Waals surface area contributed by atoms with Gasteiger partial charge in [-0.1, -0.05) is 19.8 Å². The third-order valence-corrected chi connectivity index (χ3v) is 2.38. The minimum atomic E-state index is -0.820. The van der Waals surface area contributed by atoms with Gasteiger partial charge in [0.25, 0.3) is 0 Å². The molecule has 17 heavy (non-hydrogen) atoms. The Hall–Kier alpha value is -1.70. The lowest BCUT2D eigenvalue weighted by atomic mass is 10.1. The van der Waals surface area contributed by atoms with E-state index in [0.717, 1.165) is 0 Å². The molecule has 0 radical (unpaired) electrons. The fourth-order valence-corrected chi connectivity index (χ4v) is 1.21. The standard InChI is InChI=1S/C12H20N2O3/c1-4-10(5-2)14-12(17)13-8-9(3)6-7-11(15)16/h1,9-10H,5-8H2,2-3H3,(H,15,16)(H2,13,14,17). The summed E-state index contributed by atoms with van der Waals surface area (Å²) >= 11 is 0. The summed E-state index contributed by atoms with van der Waals surface area (Å²) in [6.45, 7) is 4.22. The van der Waals surface area contributed by atoms with Crippen LogP contribution in [0.1, 0.15) is 33.1 Å². The van der Waals surface area contributed by atoms with Gasteiger partial charge in [-0.2, -0.15) is 0 Å². The van der Waals surface area contributed by atoms with Gasteiger partial charge in [0.1, 0.15) is 0 Å². The number of urea groups is 1. The molecule has 5 nitrogen and oxygen atoms in total. The Morgan fingerprint density at radius 1 is 1.47 bits per heavy atom. The van der Waals surface area contributed by atoms with Crippen molar-refractivity contribution < 1.29 is 14.7 Å². The van der Waals surface area contributed by atoms with E-state index in [2.05, 4.69) is 16.6 Å². The Kier molecular flexibility index (Phi) is 7.61. The molecule has 0 aromatic carbocycles. The van der Waals surface area contributed by atoms with Gasteiger partial charge in [-0.05, 0) is 18.8 Å². The molecular formula is C12H20N2O3. The Bertz CT molecular complexity index is 297. The largest absolute Gasteiger partial charge is 0.481 e. The first-order valence-corrected chi connectivity index (χ1v) is 5.71. The number of carbonyl (C=O) groups excluding carboxylic acids is 1. The van der Waals surface area contributed by atoms with Crippen molar-refractivity contribution in [1.82, 2.24) is 10.6 Å². The summed E-state index contributed by atoms with van der Waals surface area (Å²) in [6, 6.07) is -0.568. The Labute approximate surface area is 102 Å². The molecule has 2 unspecified atom stereocenters.